The van der Waals surface area contributed by atoms with Crippen LogP contribution in [0.15, 0.2) is 53.5 Å². The highest BCUT2D eigenvalue weighted by Crippen LogP contribution is 2.37. The summed E-state index contributed by atoms with van der Waals surface area (Å²) in [4.78, 5) is 37.8. The fourth-order valence-electron chi connectivity index (χ4n) is 3.99. The molecule has 1 aromatic carbocycles. The Balaban J connectivity index is 1.76. The molecule has 0 unspecified atom stereocenters. The van der Waals surface area contributed by atoms with Crippen LogP contribution in [0.25, 0.3) is 33.1 Å². The second-order valence-corrected chi connectivity index (χ2v) is 7.57. The van der Waals surface area contributed by atoms with Crippen molar-refractivity contribution in [1.29, 1.82) is 0 Å². The first-order valence-corrected chi connectivity index (χ1v) is 9.67. The summed E-state index contributed by atoms with van der Waals surface area (Å²) in [5, 5.41) is 0.891. The van der Waals surface area contributed by atoms with Crippen LogP contribution in [0.2, 0.25) is 0 Å². The summed E-state index contributed by atoms with van der Waals surface area (Å²) >= 11 is 0. The number of aromatic amines is 1. The average molecular weight is 421 g/mol. The number of aromatic nitrogens is 3. The quantitative estimate of drug-likeness (QED) is 0.529. The first-order valence-electron chi connectivity index (χ1n) is 9.67. The molecule has 9 heteroatoms. The van der Waals surface area contributed by atoms with Gasteiger partial charge >= 0.3 is 0 Å². The van der Waals surface area contributed by atoms with Crippen LogP contribution in [0.4, 0.5) is 14.6 Å². The highest BCUT2D eigenvalue weighted by molar-refractivity contribution is 6.04. The third kappa shape index (κ3) is 3.27. The van der Waals surface area contributed by atoms with Gasteiger partial charge in [-0.05, 0) is 18.2 Å². The lowest BCUT2D eigenvalue weighted by Crippen LogP contribution is -2.26. The van der Waals surface area contributed by atoms with Gasteiger partial charge in [-0.15, -0.1) is 0 Å². The van der Waals surface area contributed by atoms with Crippen LogP contribution in [0.3, 0.4) is 0 Å². The molecule has 0 spiro atoms. The Hall–Kier alpha value is -3.88. The van der Waals surface area contributed by atoms with Crippen molar-refractivity contribution in [1.82, 2.24) is 15.0 Å². The summed E-state index contributed by atoms with van der Waals surface area (Å²) in [7, 11) is 0. The zero-order chi connectivity index (χ0) is 21.8. The van der Waals surface area contributed by atoms with E-state index >= 15 is 0 Å². The van der Waals surface area contributed by atoms with Crippen LogP contribution in [0, 0.1) is 0 Å². The van der Waals surface area contributed by atoms with E-state index < -0.39 is 23.8 Å². The van der Waals surface area contributed by atoms with Gasteiger partial charge in [-0.1, -0.05) is 18.2 Å². The largest absolute Gasteiger partial charge is 0.364 e. The van der Waals surface area contributed by atoms with Gasteiger partial charge in [-0.2, -0.15) is 0 Å². The van der Waals surface area contributed by atoms with Crippen molar-refractivity contribution < 1.29 is 13.6 Å². The summed E-state index contributed by atoms with van der Waals surface area (Å²) in [5.74, 6) is -3.24. The molecule has 0 aliphatic carbocycles. The number of fused-ring (bicyclic) bond motifs is 2. The van der Waals surface area contributed by atoms with E-state index in [4.69, 9.17) is 5.73 Å². The number of H-pyrrole nitrogens is 1. The summed E-state index contributed by atoms with van der Waals surface area (Å²) < 4.78 is 27.9. The predicted molar refractivity (Wildman–Crippen MR) is 113 cm³/mol. The van der Waals surface area contributed by atoms with E-state index in [1.165, 1.54) is 17.2 Å². The summed E-state index contributed by atoms with van der Waals surface area (Å²) in [5.41, 5.74) is 6.74. The second kappa shape index (κ2) is 6.83. The molecule has 3 aromatic heterocycles. The number of halogens is 2. The Labute approximate surface area is 174 Å². The zero-order valence-electron chi connectivity index (χ0n) is 16.2. The number of anilines is 1. The van der Waals surface area contributed by atoms with Gasteiger partial charge in [-0.3, -0.25) is 14.6 Å². The molecule has 0 saturated carbocycles. The van der Waals surface area contributed by atoms with Crippen molar-refractivity contribution >= 4 is 33.5 Å². The highest BCUT2D eigenvalue weighted by Gasteiger charge is 2.39. The third-order valence-corrected chi connectivity index (χ3v) is 5.44. The van der Waals surface area contributed by atoms with Gasteiger partial charge in [0.1, 0.15) is 11.5 Å². The van der Waals surface area contributed by atoms with E-state index in [9.17, 15) is 18.4 Å². The molecule has 3 N–H and O–H groups in total. The van der Waals surface area contributed by atoms with Crippen LogP contribution >= 0.6 is 0 Å². The number of hydrogen-bond donors (Lipinski definition) is 2. The molecule has 1 fully saturated rings. The maximum Gasteiger partial charge on any atom is 0.268 e. The number of pyridine rings is 3. The molecule has 4 heterocycles. The van der Waals surface area contributed by atoms with Crippen LogP contribution in [-0.4, -0.2) is 39.9 Å². The summed E-state index contributed by atoms with van der Waals surface area (Å²) in [6.07, 6.45) is 1.12. The summed E-state index contributed by atoms with van der Waals surface area (Å²) in [6, 6.07) is 12.1. The Morgan fingerprint density at radius 3 is 2.74 bits per heavy atom. The van der Waals surface area contributed by atoms with Crippen LogP contribution in [-0.2, 0) is 0 Å². The van der Waals surface area contributed by atoms with Crippen molar-refractivity contribution in [3.05, 3.63) is 64.6 Å². The minimum atomic E-state index is -2.80. The number of nitrogens with one attached hydrogen (secondary N) is 1. The minimum Gasteiger partial charge on any atom is -0.364 e. The molecule has 156 valence electrons. The van der Waals surface area contributed by atoms with Crippen LogP contribution < -0.4 is 16.1 Å². The number of amides is 1. The molecule has 1 aliphatic heterocycles. The van der Waals surface area contributed by atoms with Gasteiger partial charge in [0.05, 0.1) is 28.7 Å². The molecular weight excluding hydrogens is 404 g/mol. The molecule has 4 aromatic rings. The maximum absolute atomic E-state index is 13.9. The highest BCUT2D eigenvalue weighted by atomic mass is 19.3. The number of nitrogens with two attached hydrogens (primary N) is 1. The first-order chi connectivity index (χ1) is 14.8. The first kappa shape index (κ1) is 19.1. The third-order valence-electron chi connectivity index (χ3n) is 5.44. The second-order valence-electron chi connectivity index (χ2n) is 7.57. The van der Waals surface area contributed by atoms with E-state index in [1.807, 2.05) is 30.3 Å². The van der Waals surface area contributed by atoms with Crippen molar-refractivity contribution in [3.63, 3.8) is 0 Å². The van der Waals surface area contributed by atoms with E-state index in [-0.39, 0.29) is 24.0 Å². The van der Waals surface area contributed by atoms with Crippen molar-refractivity contribution in [2.45, 2.75) is 12.3 Å². The molecule has 1 saturated heterocycles. The predicted octanol–water partition coefficient (Wildman–Crippen LogP) is 3.08. The van der Waals surface area contributed by atoms with E-state index in [0.717, 1.165) is 5.39 Å². The Morgan fingerprint density at radius 2 is 2.00 bits per heavy atom. The number of nitrogens with zero attached hydrogens (tertiary/aromatic N) is 3. The molecule has 1 amide bonds. The Morgan fingerprint density at radius 1 is 1.19 bits per heavy atom. The number of alkyl halides is 2. The average Bonchev–Trinajstić information content (AvgIpc) is 3.11. The number of benzene rings is 1. The number of rotatable bonds is 3. The fraction of sp³-hybridized carbons (Fsp3) is 0.182. The number of carbonyl (C=O) groups is 1. The topological polar surface area (TPSA) is 105 Å². The van der Waals surface area contributed by atoms with Crippen LogP contribution in [0.1, 0.15) is 16.9 Å². The van der Waals surface area contributed by atoms with Gasteiger partial charge in [0, 0.05) is 36.2 Å². The monoisotopic (exact) mass is 421 g/mol. The van der Waals surface area contributed by atoms with Gasteiger partial charge in [0.15, 0.2) is 5.43 Å². The minimum absolute atomic E-state index is 0.0850. The molecule has 1 aliphatic rings. The molecule has 0 atom stereocenters. The van der Waals surface area contributed by atoms with Crippen molar-refractivity contribution in [2.75, 3.05) is 18.0 Å². The van der Waals surface area contributed by atoms with E-state index in [0.29, 0.717) is 28.1 Å². The summed E-state index contributed by atoms with van der Waals surface area (Å²) in [6.45, 7) is -0.294. The van der Waals surface area contributed by atoms with Gasteiger partial charge < -0.3 is 15.6 Å². The Kier molecular flexibility index (Phi) is 4.21. The SMILES string of the molecule is NC(=O)c1nccc2[nH]c(-c3cc4ccccc4nc3N3CCC(F)(F)C3)cc(=O)c12. The smallest absolute Gasteiger partial charge is 0.268 e. The zero-order valence-corrected chi connectivity index (χ0v) is 16.2. The normalized spacial score (nSPS) is 15.6. The maximum atomic E-state index is 13.9. The van der Waals surface area contributed by atoms with Crippen molar-refractivity contribution in [2.24, 2.45) is 5.73 Å². The molecule has 5 rings (SSSR count). The molecule has 31 heavy (non-hydrogen) atoms. The van der Waals surface area contributed by atoms with Gasteiger partial charge in [-0.25, -0.2) is 13.8 Å². The number of primary amides is 1. The lowest BCUT2D eigenvalue weighted by Gasteiger charge is -2.21. The Bertz CT molecular complexity index is 1420. The number of para-hydroxylation sites is 1. The molecule has 0 bridgehead atoms. The van der Waals surface area contributed by atoms with Crippen molar-refractivity contribution in [3.8, 4) is 11.3 Å². The fourth-order valence-corrected chi connectivity index (χ4v) is 3.99. The molecule has 0 radical (unpaired) electrons. The number of hydrogen-bond acceptors (Lipinski definition) is 5. The number of carbonyl (C=O) groups excluding carboxylic acids is 1. The lowest BCUT2D eigenvalue weighted by molar-refractivity contribution is 0.0256. The standard InChI is InChI=1S/C22H17F2N5O2/c23-22(24)6-8-29(11-22)21-13(9-12-3-1-2-4-14(12)28-21)16-10-17(30)18-15(27-16)5-7-26-19(18)20(25)31/h1-5,7,9-10H,6,8,11H2,(H2,25,31)(H,27,30). The van der Waals surface area contributed by atoms with E-state index in [2.05, 4.69) is 15.0 Å². The van der Waals surface area contributed by atoms with Gasteiger partial charge in [0.2, 0.25) is 0 Å². The van der Waals surface area contributed by atoms with Crippen LogP contribution in [0.5, 0.6) is 0 Å². The van der Waals surface area contributed by atoms with Gasteiger partial charge in [0.25, 0.3) is 11.8 Å². The lowest BCUT2D eigenvalue weighted by atomic mass is 10.1. The molecule has 7 nitrogen and oxygen atoms in total. The molecular formula is C22H17F2N5O2. The van der Waals surface area contributed by atoms with E-state index in [1.54, 1.807) is 6.07 Å².